The number of carbonyl (C=O) groups is 1. The number of H-pyrrole nitrogens is 1. The van der Waals surface area contributed by atoms with Gasteiger partial charge in [0, 0.05) is 30.2 Å². The Kier molecular flexibility index (Phi) is 3.87. The van der Waals surface area contributed by atoms with Crippen molar-refractivity contribution in [1.82, 2.24) is 9.88 Å². The molecule has 7 heteroatoms. The van der Waals surface area contributed by atoms with Crippen LogP contribution in [0.1, 0.15) is 23.2 Å². The van der Waals surface area contributed by atoms with Crippen molar-refractivity contribution in [3.05, 3.63) is 46.2 Å². The number of hydrogen-bond donors (Lipinski definition) is 1. The van der Waals surface area contributed by atoms with Crippen molar-refractivity contribution in [2.24, 2.45) is 5.92 Å². The summed E-state index contributed by atoms with van der Waals surface area (Å²) in [6, 6.07) is 6.70. The normalized spacial score (nSPS) is 19.1. The van der Waals surface area contributed by atoms with Crippen LogP contribution in [0.5, 0.6) is 0 Å². The molecule has 1 aromatic carbocycles. The maximum Gasteiger partial charge on any atom is 0.393 e. The number of amides is 1. The van der Waals surface area contributed by atoms with Crippen LogP contribution in [0.4, 0.5) is 13.2 Å². The second-order valence-corrected chi connectivity index (χ2v) is 5.71. The quantitative estimate of drug-likeness (QED) is 0.877. The number of piperidine rings is 1. The van der Waals surface area contributed by atoms with Crippen molar-refractivity contribution in [3.63, 3.8) is 0 Å². The highest BCUT2D eigenvalue weighted by molar-refractivity contribution is 5.97. The van der Waals surface area contributed by atoms with E-state index in [2.05, 4.69) is 4.98 Å². The summed E-state index contributed by atoms with van der Waals surface area (Å²) < 4.78 is 38.6. The number of benzene rings is 1. The Labute approximate surface area is 129 Å². The molecule has 1 N–H and O–H groups in total. The van der Waals surface area contributed by atoms with Crippen molar-refractivity contribution in [1.29, 1.82) is 0 Å². The molecule has 122 valence electrons. The molecule has 1 aliphatic rings. The number of halogens is 3. The second-order valence-electron chi connectivity index (χ2n) is 5.71. The van der Waals surface area contributed by atoms with E-state index in [0.29, 0.717) is 10.9 Å². The number of hydrogen-bond acceptors (Lipinski definition) is 2. The third-order valence-electron chi connectivity index (χ3n) is 4.19. The van der Waals surface area contributed by atoms with E-state index in [-0.39, 0.29) is 24.9 Å². The average molecular weight is 324 g/mol. The molecule has 0 spiro atoms. The Hall–Kier alpha value is -2.31. The summed E-state index contributed by atoms with van der Waals surface area (Å²) in [7, 11) is 0. The Morgan fingerprint density at radius 3 is 2.74 bits per heavy atom. The van der Waals surface area contributed by atoms with E-state index in [1.807, 2.05) is 0 Å². The van der Waals surface area contributed by atoms with E-state index in [9.17, 15) is 22.8 Å². The lowest BCUT2D eigenvalue weighted by Gasteiger charge is -2.33. The molecule has 1 aromatic heterocycles. The van der Waals surface area contributed by atoms with Gasteiger partial charge in [0.2, 0.25) is 5.43 Å². The summed E-state index contributed by atoms with van der Waals surface area (Å²) in [6.45, 7) is -0.160. The summed E-state index contributed by atoms with van der Waals surface area (Å²) in [5.74, 6) is -2.18. The first kappa shape index (κ1) is 15.6. The smallest absolute Gasteiger partial charge is 0.360 e. The van der Waals surface area contributed by atoms with Gasteiger partial charge in [0.15, 0.2) is 0 Å². The third kappa shape index (κ3) is 2.95. The van der Waals surface area contributed by atoms with Crippen LogP contribution in [0.25, 0.3) is 10.9 Å². The maximum absolute atomic E-state index is 12.9. The van der Waals surface area contributed by atoms with Crippen LogP contribution in [0.2, 0.25) is 0 Å². The van der Waals surface area contributed by atoms with Gasteiger partial charge in [-0.05, 0) is 25.0 Å². The zero-order chi connectivity index (χ0) is 16.6. The molecule has 4 nitrogen and oxygen atoms in total. The van der Waals surface area contributed by atoms with E-state index in [0.717, 1.165) is 4.90 Å². The SMILES string of the molecule is O=C(c1c[nH]c2ccccc2c1=O)N1CCC[C@H](C(F)(F)F)C1. The van der Waals surface area contributed by atoms with Crippen molar-refractivity contribution in [3.8, 4) is 0 Å². The van der Waals surface area contributed by atoms with E-state index >= 15 is 0 Å². The highest BCUT2D eigenvalue weighted by Gasteiger charge is 2.43. The molecule has 1 amide bonds. The number of aromatic amines is 1. The first-order chi connectivity index (χ1) is 10.9. The van der Waals surface area contributed by atoms with Gasteiger partial charge >= 0.3 is 6.18 Å². The fourth-order valence-electron chi connectivity index (χ4n) is 2.93. The minimum Gasteiger partial charge on any atom is -0.360 e. The Bertz CT molecular complexity index is 798. The van der Waals surface area contributed by atoms with Gasteiger partial charge in [-0.25, -0.2) is 0 Å². The van der Waals surface area contributed by atoms with Gasteiger partial charge < -0.3 is 9.88 Å². The number of fused-ring (bicyclic) bond motifs is 1. The van der Waals surface area contributed by atoms with E-state index in [1.165, 1.54) is 6.20 Å². The van der Waals surface area contributed by atoms with Crippen LogP contribution in [-0.4, -0.2) is 35.1 Å². The van der Waals surface area contributed by atoms with Crippen molar-refractivity contribution in [2.75, 3.05) is 13.1 Å². The van der Waals surface area contributed by atoms with Crippen molar-refractivity contribution < 1.29 is 18.0 Å². The standard InChI is InChI=1S/C16H15F3N2O2/c17-16(18,19)10-4-3-7-21(9-10)15(23)12-8-20-13-6-2-1-5-11(13)14(12)22/h1-2,5-6,8,10H,3-4,7,9H2,(H,20,22)/t10-/m0/s1. The number of alkyl halides is 3. The van der Waals surface area contributed by atoms with Crippen molar-refractivity contribution >= 4 is 16.8 Å². The van der Waals surface area contributed by atoms with E-state index in [4.69, 9.17) is 0 Å². The Morgan fingerprint density at radius 2 is 2.00 bits per heavy atom. The lowest BCUT2D eigenvalue weighted by atomic mass is 9.97. The zero-order valence-electron chi connectivity index (χ0n) is 12.2. The number of nitrogens with zero attached hydrogens (tertiary/aromatic N) is 1. The van der Waals surface area contributed by atoms with E-state index < -0.39 is 30.0 Å². The van der Waals surface area contributed by atoms with Gasteiger partial charge in [0.25, 0.3) is 5.91 Å². The predicted molar refractivity (Wildman–Crippen MR) is 79.3 cm³/mol. The monoisotopic (exact) mass is 324 g/mol. The van der Waals surface area contributed by atoms with Crippen LogP contribution in [-0.2, 0) is 0 Å². The molecule has 23 heavy (non-hydrogen) atoms. The van der Waals surface area contributed by atoms with Crippen LogP contribution < -0.4 is 5.43 Å². The summed E-state index contributed by atoms with van der Waals surface area (Å²) >= 11 is 0. The summed E-state index contributed by atoms with van der Waals surface area (Å²) in [6.07, 6.45) is -2.75. The number of carbonyl (C=O) groups excluding carboxylic acids is 1. The van der Waals surface area contributed by atoms with Crippen LogP contribution in [0.3, 0.4) is 0 Å². The number of likely N-dealkylation sites (tertiary alicyclic amines) is 1. The number of rotatable bonds is 1. The molecule has 2 aromatic rings. The first-order valence-corrected chi connectivity index (χ1v) is 7.34. The lowest BCUT2D eigenvalue weighted by Crippen LogP contribution is -2.45. The molecule has 2 heterocycles. The number of nitrogens with one attached hydrogen (secondary N) is 1. The largest absolute Gasteiger partial charge is 0.393 e. The fraction of sp³-hybridized carbons (Fsp3) is 0.375. The molecule has 0 saturated carbocycles. The van der Waals surface area contributed by atoms with Gasteiger partial charge in [0.1, 0.15) is 5.56 Å². The molecule has 0 radical (unpaired) electrons. The van der Waals surface area contributed by atoms with Gasteiger partial charge in [-0.2, -0.15) is 13.2 Å². The molecule has 0 aliphatic carbocycles. The molecule has 3 rings (SSSR count). The highest BCUT2D eigenvalue weighted by atomic mass is 19.4. The average Bonchev–Trinajstić information content (AvgIpc) is 2.54. The minimum atomic E-state index is -4.32. The van der Waals surface area contributed by atoms with Crippen LogP contribution in [0.15, 0.2) is 35.3 Å². The Balaban J connectivity index is 1.91. The summed E-state index contributed by atoms with van der Waals surface area (Å²) in [4.78, 5) is 28.9. The molecule has 0 bridgehead atoms. The number of para-hydroxylation sites is 1. The number of pyridine rings is 1. The van der Waals surface area contributed by atoms with Crippen LogP contribution in [0, 0.1) is 5.92 Å². The number of aromatic nitrogens is 1. The topological polar surface area (TPSA) is 53.2 Å². The van der Waals surface area contributed by atoms with Gasteiger partial charge in [-0.3, -0.25) is 9.59 Å². The van der Waals surface area contributed by atoms with E-state index in [1.54, 1.807) is 24.3 Å². The minimum absolute atomic E-state index is 0.0152. The molecule has 1 aliphatic heterocycles. The third-order valence-corrected chi connectivity index (χ3v) is 4.19. The lowest BCUT2D eigenvalue weighted by molar-refractivity contribution is -0.184. The molecule has 1 atom stereocenters. The summed E-state index contributed by atoms with van der Waals surface area (Å²) in [5.41, 5.74) is 0.00543. The Morgan fingerprint density at radius 1 is 1.26 bits per heavy atom. The molecule has 1 fully saturated rings. The molecular formula is C16H15F3N2O2. The first-order valence-electron chi connectivity index (χ1n) is 7.34. The highest BCUT2D eigenvalue weighted by Crippen LogP contribution is 2.33. The van der Waals surface area contributed by atoms with Crippen molar-refractivity contribution in [2.45, 2.75) is 19.0 Å². The van der Waals surface area contributed by atoms with Gasteiger partial charge in [0.05, 0.1) is 5.92 Å². The van der Waals surface area contributed by atoms with Crippen LogP contribution >= 0.6 is 0 Å². The fourth-order valence-corrected chi connectivity index (χ4v) is 2.93. The van der Waals surface area contributed by atoms with Gasteiger partial charge in [-0.1, -0.05) is 12.1 Å². The van der Waals surface area contributed by atoms with Gasteiger partial charge in [-0.15, -0.1) is 0 Å². The molecule has 1 saturated heterocycles. The maximum atomic E-state index is 12.9. The molecular weight excluding hydrogens is 309 g/mol. The predicted octanol–water partition coefficient (Wildman–Crippen LogP) is 2.94. The molecule has 0 unspecified atom stereocenters. The second kappa shape index (κ2) is 5.72. The zero-order valence-corrected chi connectivity index (χ0v) is 12.2. The summed E-state index contributed by atoms with van der Waals surface area (Å²) in [5, 5.41) is 0.350.